The molecular formula is C24H18ClFN4O3S. The first-order chi connectivity index (χ1) is 16.4. The standard InChI is InChI=1S/C24H18ClFN4O3S/c1-33-21-7-5-16(10-20(21)30-23(32)18-6-4-15(25)9-19(18)26)28-22(31)11-17-13-34-24(29-17)14-3-2-8-27-12-14/h2-10,12-13H,11H2,1H3,(H,28,31)(H,30,32). The highest BCUT2D eigenvalue weighted by atomic mass is 35.5. The predicted molar refractivity (Wildman–Crippen MR) is 130 cm³/mol. The summed E-state index contributed by atoms with van der Waals surface area (Å²) in [6.45, 7) is 0. The van der Waals surface area contributed by atoms with Gasteiger partial charge in [0.15, 0.2) is 0 Å². The Balaban J connectivity index is 1.45. The molecule has 2 N–H and O–H groups in total. The molecule has 0 radical (unpaired) electrons. The molecule has 2 aromatic carbocycles. The Morgan fingerprint density at radius 3 is 2.74 bits per heavy atom. The van der Waals surface area contributed by atoms with E-state index in [4.69, 9.17) is 16.3 Å². The lowest BCUT2D eigenvalue weighted by Gasteiger charge is -2.13. The van der Waals surface area contributed by atoms with E-state index >= 15 is 0 Å². The highest BCUT2D eigenvalue weighted by Crippen LogP contribution is 2.29. The average molecular weight is 497 g/mol. The minimum atomic E-state index is -0.748. The zero-order chi connectivity index (χ0) is 24.1. The lowest BCUT2D eigenvalue weighted by molar-refractivity contribution is -0.115. The van der Waals surface area contributed by atoms with Gasteiger partial charge in [-0.3, -0.25) is 14.6 Å². The Bertz CT molecular complexity index is 1350. The number of nitrogens with one attached hydrogen (secondary N) is 2. The molecule has 4 aromatic rings. The second-order valence-electron chi connectivity index (χ2n) is 7.10. The summed E-state index contributed by atoms with van der Waals surface area (Å²) in [5.74, 6) is -1.36. The van der Waals surface area contributed by atoms with Crippen LogP contribution in [0.4, 0.5) is 15.8 Å². The molecule has 2 aromatic heterocycles. The summed E-state index contributed by atoms with van der Waals surface area (Å²) in [5.41, 5.74) is 2.04. The van der Waals surface area contributed by atoms with Crippen LogP contribution in [0.2, 0.25) is 5.02 Å². The van der Waals surface area contributed by atoms with E-state index in [9.17, 15) is 14.0 Å². The summed E-state index contributed by atoms with van der Waals surface area (Å²) in [5, 5.41) is 8.17. The SMILES string of the molecule is COc1ccc(NC(=O)Cc2csc(-c3cccnc3)n2)cc1NC(=O)c1ccc(Cl)cc1F. The zero-order valence-corrected chi connectivity index (χ0v) is 19.4. The van der Waals surface area contributed by atoms with Gasteiger partial charge in [-0.15, -0.1) is 11.3 Å². The van der Waals surface area contributed by atoms with Gasteiger partial charge in [-0.25, -0.2) is 9.37 Å². The van der Waals surface area contributed by atoms with E-state index in [0.717, 1.165) is 16.6 Å². The number of methoxy groups -OCH3 is 1. The van der Waals surface area contributed by atoms with Crippen LogP contribution in [0.25, 0.3) is 10.6 Å². The number of anilines is 2. The number of carbonyl (C=O) groups excluding carboxylic acids is 2. The Labute approximate surface area is 203 Å². The van der Waals surface area contributed by atoms with Crippen LogP contribution < -0.4 is 15.4 Å². The molecule has 0 aliphatic carbocycles. The van der Waals surface area contributed by atoms with E-state index < -0.39 is 11.7 Å². The van der Waals surface area contributed by atoms with E-state index in [1.165, 1.54) is 36.6 Å². The lowest BCUT2D eigenvalue weighted by Crippen LogP contribution is -2.16. The molecule has 7 nitrogen and oxygen atoms in total. The summed E-state index contributed by atoms with van der Waals surface area (Å²) in [6.07, 6.45) is 3.47. The maximum Gasteiger partial charge on any atom is 0.258 e. The summed E-state index contributed by atoms with van der Waals surface area (Å²) in [7, 11) is 1.44. The van der Waals surface area contributed by atoms with Crippen molar-refractivity contribution in [2.75, 3.05) is 17.7 Å². The number of benzene rings is 2. The third kappa shape index (κ3) is 5.56. The lowest BCUT2D eigenvalue weighted by atomic mass is 10.2. The van der Waals surface area contributed by atoms with Crippen molar-refractivity contribution < 1.29 is 18.7 Å². The molecular weight excluding hydrogens is 479 g/mol. The highest BCUT2D eigenvalue weighted by Gasteiger charge is 2.16. The van der Waals surface area contributed by atoms with Crippen LogP contribution >= 0.6 is 22.9 Å². The predicted octanol–water partition coefficient (Wildman–Crippen LogP) is 5.44. The number of carbonyl (C=O) groups is 2. The number of halogens is 2. The van der Waals surface area contributed by atoms with Gasteiger partial charge in [0, 0.05) is 34.0 Å². The van der Waals surface area contributed by atoms with Gasteiger partial charge in [0.25, 0.3) is 5.91 Å². The minimum Gasteiger partial charge on any atom is -0.495 e. The number of rotatable bonds is 7. The van der Waals surface area contributed by atoms with Crippen molar-refractivity contribution in [3.05, 3.63) is 88.4 Å². The molecule has 0 unspecified atom stereocenters. The van der Waals surface area contributed by atoms with Crippen LogP contribution in [-0.2, 0) is 11.2 Å². The topological polar surface area (TPSA) is 93.2 Å². The smallest absolute Gasteiger partial charge is 0.258 e. The second-order valence-corrected chi connectivity index (χ2v) is 8.40. The van der Waals surface area contributed by atoms with E-state index in [1.54, 1.807) is 24.5 Å². The third-order valence-electron chi connectivity index (χ3n) is 4.71. The van der Waals surface area contributed by atoms with Gasteiger partial charge in [0.2, 0.25) is 5.91 Å². The Kier molecular flexibility index (Phi) is 7.15. The Morgan fingerprint density at radius 1 is 1.15 bits per heavy atom. The number of hydrogen-bond donors (Lipinski definition) is 2. The molecule has 0 aliphatic rings. The van der Waals surface area contributed by atoms with Gasteiger partial charge in [0.1, 0.15) is 16.6 Å². The van der Waals surface area contributed by atoms with Crippen LogP contribution in [0.3, 0.4) is 0 Å². The van der Waals surface area contributed by atoms with Crippen LogP contribution in [0.15, 0.2) is 66.3 Å². The monoisotopic (exact) mass is 496 g/mol. The van der Waals surface area contributed by atoms with Crippen molar-refractivity contribution in [1.29, 1.82) is 0 Å². The van der Waals surface area contributed by atoms with Gasteiger partial charge in [-0.05, 0) is 48.5 Å². The van der Waals surface area contributed by atoms with Gasteiger partial charge in [-0.2, -0.15) is 0 Å². The third-order valence-corrected chi connectivity index (χ3v) is 5.88. The van der Waals surface area contributed by atoms with Gasteiger partial charge in [0.05, 0.1) is 30.5 Å². The van der Waals surface area contributed by atoms with Crippen LogP contribution in [-0.4, -0.2) is 28.9 Å². The summed E-state index contributed by atoms with van der Waals surface area (Å²) in [6, 6.07) is 12.3. The molecule has 2 heterocycles. The molecule has 0 bridgehead atoms. The fraction of sp³-hybridized carbons (Fsp3) is 0.0833. The second kappa shape index (κ2) is 10.4. The molecule has 0 atom stereocenters. The van der Waals surface area contributed by atoms with Crippen molar-refractivity contribution in [2.45, 2.75) is 6.42 Å². The Hall–Kier alpha value is -3.82. The number of hydrogen-bond acceptors (Lipinski definition) is 6. The van der Waals surface area contributed by atoms with Crippen molar-refractivity contribution in [3.8, 4) is 16.3 Å². The summed E-state index contributed by atoms with van der Waals surface area (Å²) >= 11 is 7.18. The molecule has 2 amide bonds. The average Bonchev–Trinajstić information content (AvgIpc) is 3.28. The molecule has 172 valence electrons. The van der Waals surface area contributed by atoms with Gasteiger partial charge >= 0.3 is 0 Å². The van der Waals surface area contributed by atoms with Crippen LogP contribution in [0.1, 0.15) is 16.1 Å². The fourth-order valence-corrected chi connectivity index (χ4v) is 4.10. The van der Waals surface area contributed by atoms with Crippen molar-refractivity contribution in [1.82, 2.24) is 9.97 Å². The number of aromatic nitrogens is 2. The first-order valence-electron chi connectivity index (χ1n) is 10.0. The maximum absolute atomic E-state index is 14.1. The summed E-state index contributed by atoms with van der Waals surface area (Å²) < 4.78 is 19.4. The first-order valence-corrected chi connectivity index (χ1v) is 11.3. The number of nitrogens with zero attached hydrogens (tertiary/aromatic N) is 2. The number of ether oxygens (including phenoxy) is 1. The van der Waals surface area contributed by atoms with E-state index in [-0.39, 0.29) is 28.6 Å². The molecule has 4 rings (SSSR count). The van der Waals surface area contributed by atoms with Crippen molar-refractivity contribution in [3.63, 3.8) is 0 Å². The fourth-order valence-electron chi connectivity index (χ4n) is 3.13. The zero-order valence-electron chi connectivity index (χ0n) is 17.8. The molecule has 34 heavy (non-hydrogen) atoms. The highest BCUT2D eigenvalue weighted by molar-refractivity contribution is 7.13. The van der Waals surface area contributed by atoms with Crippen LogP contribution in [0.5, 0.6) is 5.75 Å². The van der Waals surface area contributed by atoms with Gasteiger partial charge in [-0.1, -0.05) is 11.6 Å². The summed E-state index contributed by atoms with van der Waals surface area (Å²) in [4.78, 5) is 33.7. The van der Waals surface area contributed by atoms with Crippen molar-refractivity contribution in [2.24, 2.45) is 0 Å². The minimum absolute atomic E-state index is 0.0699. The Morgan fingerprint density at radius 2 is 2.00 bits per heavy atom. The number of thiazole rings is 1. The van der Waals surface area contributed by atoms with Crippen molar-refractivity contribution >= 4 is 46.1 Å². The number of pyridine rings is 1. The number of amides is 2. The van der Waals surface area contributed by atoms with Gasteiger partial charge < -0.3 is 15.4 Å². The van der Waals surface area contributed by atoms with E-state index in [0.29, 0.717) is 17.1 Å². The quantitative estimate of drug-likeness (QED) is 0.355. The molecule has 0 fully saturated rings. The van der Waals surface area contributed by atoms with E-state index in [2.05, 4.69) is 20.6 Å². The molecule has 10 heteroatoms. The van der Waals surface area contributed by atoms with E-state index in [1.807, 2.05) is 17.5 Å². The molecule has 0 aliphatic heterocycles. The molecule has 0 spiro atoms. The first kappa shape index (κ1) is 23.3. The maximum atomic E-state index is 14.1. The van der Waals surface area contributed by atoms with Crippen LogP contribution in [0, 0.1) is 5.82 Å². The normalized spacial score (nSPS) is 10.6. The molecule has 0 saturated carbocycles. The largest absolute Gasteiger partial charge is 0.495 e. The molecule has 0 saturated heterocycles.